The first-order valence-corrected chi connectivity index (χ1v) is 4.77. The minimum atomic E-state index is 0.159. The van der Waals surface area contributed by atoms with Crippen LogP contribution in [0.25, 0.3) is 0 Å². The molecule has 1 aliphatic heterocycles. The van der Waals surface area contributed by atoms with Crippen LogP contribution in [0.4, 0.5) is 5.82 Å². The van der Waals surface area contributed by atoms with Crippen LogP contribution in [0.3, 0.4) is 0 Å². The molecule has 1 aliphatic rings. The summed E-state index contributed by atoms with van der Waals surface area (Å²) in [6, 6.07) is 5.60. The molecule has 0 aliphatic carbocycles. The van der Waals surface area contributed by atoms with Gasteiger partial charge in [0.15, 0.2) is 0 Å². The molecule has 1 aromatic rings. The van der Waals surface area contributed by atoms with E-state index in [2.05, 4.69) is 4.98 Å². The molecule has 1 fully saturated rings. The molecule has 4 heteroatoms. The second kappa shape index (κ2) is 3.75. The highest BCUT2D eigenvalue weighted by atomic mass is 16.2. The molecule has 0 saturated carbocycles. The minimum absolute atomic E-state index is 0.159. The lowest BCUT2D eigenvalue weighted by atomic mass is 10.3. The summed E-state index contributed by atoms with van der Waals surface area (Å²) in [7, 11) is 0. The molecule has 0 unspecified atom stereocenters. The summed E-state index contributed by atoms with van der Waals surface area (Å²) in [5.41, 5.74) is 6.31. The zero-order valence-electron chi connectivity index (χ0n) is 7.94. The Morgan fingerprint density at radius 1 is 1.50 bits per heavy atom. The van der Waals surface area contributed by atoms with Crippen molar-refractivity contribution in [2.45, 2.75) is 19.4 Å². The van der Waals surface area contributed by atoms with Gasteiger partial charge in [-0.1, -0.05) is 6.07 Å². The molecule has 0 aromatic carbocycles. The van der Waals surface area contributed by atoms with Crippen LogP contribution in [0, 0.1) is 0 Å². The molecule has 14 heavy (non-hydrogen) atoms. The summed E-state index contributed by atoms with van der Waals surface area (Å²) in [6.45, 7) is 1.19. The molecule has 74 valence electrons. The van der Waals surface area contributed by atoms with E-state index in [-0.39, 0.29) is 5.91 Å². The molecule has 0 atom stereocenters. The third kappa shape index (κ3) is 1.61. The molecule has 0 bridgehead atoms. The Morgan fingerprint density at radius 3 is 3.00 bits per heavy atom. The molecule has 0 spiro atoms. The van der Waals surface area contributed by atoms with Crippen LogP contribution in [-0.4, -0.2) is 17.4 Å². The lowest BCUT2D eigenvalue weighted by Gasteiger charge is -2.14. The van der Waals surface area contributed by atoms with Crippen LogP contribution in [0.2, 0.25) is 0 Å². The van der Waals surface area contributed by atoms with Gasteiger partial charge >= 0.3 is 0 Å². The second-order valence-electron chi connectivity index (χ2n) is 3.34. The quantitative estimate of drug-likeness (QED) is 0.747. The lowest BCUT2D eigenvalue weighted by molar-refractivity contribution is -0.117. The summed E-state index contributed by atoms with van der Waals surface area (Å²) >= 11 is 0. The molecule has 2 N–H and O–H groups in total. The van der Waals surface area contributed by atoms with Crippen molar-refractivity contribution in [3.63, 3.8) is 0 Å². The van der Waals surface area contributed by atoms with E-state index in [1.165, 1.54) is 0 Å². The topological polar surface area (TPSA) is 59.2 Å². The molecular formula is C10H13N3O. The first-order valence-electron chi connectivity index (χ1n) is 4.77. The van der Waals surface area contributed by atoms with Gasteiger partial charge in [0.25, 0.3) is 0 Å². The highest BCUT2D eigenvalue weighted by molar-refractivity contribution is 5.94. The van der Waals surface area contributed by atoms with Crippen molar-refractivity contribution < 1.29 is 4.79 Å². The first kappa shape index (κ1) is 9.15. The Morgan fingerprint density at radius 2 is 2.36 bits per heavy atom. The Kier molecular flexibility index (Phi) is 2.45. The van der Waals surface area contributed by atoms with Crippen LogP contribution in [0.15, 0.2) is 18.2 Å². The number of amides is 1. The Labute approximate surface area is 82.7 Å². The molecular weight excluding hydrogens is 178 g/mol. The van der Waals surface area contributed by atoms with E-state index in [0.717, 1.165) is 24.5 Å². The SMILES string of the molecule is NCc1cccc(N2CCCC2=O)n1. The number of carbonyl (C=O) groups excluding carboxylic acids is 1. The van der Waals surface area contributed by atoms with Gasteiger partial charge in [-0.3, -0.25) is 9.69 Å². The van der Waals surface area contributed by atoms with E-state index in [0.29, 0.717) is 13.0 Å². The fourth-order valence-corrected chi connectivity index (χ4v) is 1.62. The van der Waals surface area contributed by atoms with Gasteiger partial charge in [0, 0.05) is 19.5 Å². The van der Waals surface area contributed by atoms with Crippen LogP contribution in [0.1, 0.15) is 18.5 Å². The van der Waals surface area contributed by atoms with Crippen LogP contribution in [-0.2, 0) is 11.3 Å². The third-order valence-corrected chi connectivity index (χ3v) is 2.35. The van der Waals surface area contributed by atoms with Gasteiger partial charge in [0.1, 0.15) is 5.82 Å². The maximum absolute atomic E-state index is 11.4. The zero-order valence-corrected chi connectivity index (χ0v) is 7.94. The van der Waals surface area contributed by atoms with Crippen LogP contribution < -0.4 is 10.6 Å². The van der Waals surface area contributed by atoms with Gasteiger partial charge < -0.3 is 5.73 Å². The summed E-state index contributed by atoms with van der Waals surface area (Å²) in [5, 5.41) is 0. The molecule has 2 heterocycles. The average Bonchev–Trinajstić information content (AvgIpc) is 2.65. The Bertz CT molecular complexity index is 351. The highest BCUT2D eigenvalue weighted by Gasteiger charge is 2.22. The predicted octanol–water partition coefficient (Wildman–Crippen LogP) is 0.667. The summed E-state index contributed by atoms with van der Waals surface area (Å²) in [6.07, 6.45) is 1.56. The minimum Gasteiger partial charge on any atom is -0.325 e. The molecule has 1 saturated heterocycles. The van der Waals surface area contributed by atoms with Gasteiger partial charge in [-0.15, -0.1) is 0 Å². The number of hydrogen-bond donors (Lipinski definition) is 1. The van der Waals surface area contributed by atoms with E-state index >= 15 is 0 Å². The fraction of sp³-hybridized carbons (Fsp3) is 0.400. The number of pyridine rings is 1. The standard InChI is InChI=1S/C10H13N3O/c11-7-8-3-1-4-9(12-8)13-6-2-5-10(13)14/h1,3-4H,2,5-7,11H2. The zero-order chi connectivity index (χ0) is 9.97. The molecule has 1 aromatic heterocycles. The smallest absolute Gasteiger partial charge is 0.228 e. The monoisotopic (exact) mass is 191 g/mol. The van der Waals surface area contributed by atoms with Crippen LogP contribution >= 0.6 is 0 Å². The third-order valence-electron chi connectivity index (χ3n) is 2.35. The predicted molar refractivity (Wildman–Crippen MR) is 53.7 cm³/mol. The summed E-state index contributed by atoms with van der Waals surface area (Å²) in [4.78, 5) is 17.5. The van der Waals surface area contributed by atoms with Crippen molar-refractivity contribution in [1.29, 1.82) is 0 Å². The number of anilines is 1. The van der Waals surface area contributed by atoms with Gasteiger partial charge in [-0.05, 0) is 18.6 Å². The van der Waals surface area contributed by atoms with Gasteiger partial charge in [0.2, 0.25) is 5.91 Å². The molecule has 0 radical (unpaired) electrons. The van der Waals surface area contributed by atoms with E-state index in [9.17, 15) is 4.79 Å². The van der Waals surface area contributed by atoms with E-state index in [1.54, 1.807) is 4.90 Å². The largest absolute Gasteiger partial charge is 0.325 e. The van der Waals surface area contributed by atoms with E-state index in [4.69, 9.17) is 5.73 Å². The summed E-state index contributed by atoms with van der Waals surface area (Å²) in [5.74, 6) is 0.891. The van der Waals surface area contributed by atoms with E-state index in [1.807, 2.05) is 18.2 Å². The van der Waals surface area contributed by atoms with Crippen molar-refractivity contribution >= 4 is 11.7 Å². The summed E-state index contributed by atoms with van der Waals surface area (Å²) < 4.78 is 0. The molecule has 2 rings (SSSR count). The molecule has 4 nitrogen and oxygen atoms in total. The van der Waals surface area contributed by atoms with Crippen molar-refractivity contribution in [2.75, 3.05) is 11.4 Å². The van der Waals surface area contributed by atoms with Crippen molar-refractivity contribution in [2.24, 2.45) is 5.73 Å². The number of nitrogens with zero attached hydrogens (tertiary/aromatic N) is 2. The maximum Gasteiger partial charge on any atom is 0.228 e. The van der Waals surface area contributed by atoms with Gasteiger partial charge in [0.05, 0.1) is 5.69 Å². The average molecular weight is 191 g/mol. The number of nitrogens with two attached hydrogens (primary N) is 1. The Hall–Kier alpha value is -1.42. The first-order chi connectivity index (χ1) is 6.81. The van der Waals surface area contributed by atoms with E-state index < -0.39 is 0 Å². The Balaban J connectivity index is 2.26. The number of rotatable bonds is 2. The number of aromatic nitrogens is 1. The van der Waals surface area contributed by atoms with Crippen molar-refractivity contribution in [3.05, 3.63) is 23.9 Å². The normalized spacial score (nSPS) is 16.4. The van der Waals surface area contributed by atoms with Gasteiger partial charge in [-0.25, -0.2) is 4.98 Å². The van der Waals surface area contributed by atoms with Crippen molar-refractivity contribution in [3.8, 4) is 0 Å². The lowest BCUT2D eigenvalue weighted by Crippen LogP contribution is -2.25. The highest BCUT2D eigenvalue weighted by Crippen LogP contribution is 2.18. The molecule has 1 amide bonds. The van der Waals surface area contributed by atoms with Crippen molar-refractivity contribution in [1.82, 2.24) is 4.98 Å². The number of carbonyl (C=O) groups is 1. The second-order valence-corrected chi connectivity index (χ2v) is 3.34. The van der Waals surface area contributed by atoms with Crippen LogP contribution in [0.5, 0.6) is 0 Å². The number of hydrogen-bond acceptors (Lipinski definition) is 3. The van der Waals surface area contributed by atoms with Gasteiger partial charge in [-0.2, -0.15) is 0 Å². The maximum atomic E-state index is 11.4. The fourth-order valence-electron chi connectivity index (χ4n) is 1.62.